The van der Waals surface area contributed by atoms with Gasteiger partial charge in [-0.3, -0.25) is 0 Å². The third-order valence-electron chi connectivity index (χ3n) is 2.57. The minimum atomic E-state index is 0.600. The fourth-order valence-electron chi connectivity index (χ4n) is 1.88. The van der Waals surface area contributed by atoms with E-state index in [9.17, 15) is 0 Å². The lowest BCUT2D eigenvalue weighted by Crippen LogP contribution is -2.40. The van der Waals surface area contributed by atoms with Crippen LogP contribution in [0.25, 0.3) is 0 Å². The molecular weight excluding hydrogens is 150 g/mol. The Balaban J connectivity index is 2.24. The second-order valence-electron chi connectivity index (χ2n) is 4.06. The van der Waals surface area contributed by atoms with Crippen molar-refractivity contribution in [2.45, 2.75) is 45.7 Å². The van der Waals surface area contributed by atoms with Gasteiger partial charge in [0.15, 0.2) is 0 Å². The molecule has 0 saturated carbocycles. The molecule has 0 bridgehead atoms. The van der Waals surface area contributed by atoms with Crippen LogP contribution in [0.4, 0.5) is 0 Å². The summed E-state index contributed by atoms with van der Waals surface area (Å²) >= 11 is 0. The third kappa shape index (κ3) is 3.11. The zero-order chi connectivity index (χ0) is 8.97. The molecule has 1 atom stereocenters. The van der Waals surface area contributed by atoms with Gasteiger partial charge in [-0.05, 0) is 25.7 Å². The number of hydrogen-bond acceptors (Lipinski definition) is 2. The quantitative estimate of drug-likeness (QED) is 0.699. The molecule has 2 heteroatoms. The van der Waals surface area contributed by atoms with Gasteiger partial charge in [-0.2, -0.15) is 0 Å². The molecular formula is C10H21NO. The van der Waals surface area contributed by atoms with Crippen molar-refractivity contribution in [1.29, 1.82) is 0 Å². The summed E-state index contributed by atoms with van der Waals surface area (Å²) in [5.74, 6) is 0.821. The molecule has 1 aliphatic heterocycles. The number of nitrogens with one attached hydrogen (secondary N) is 1. The van der Waals surface area contributed by atoms with E-state index >= 15 is 0 Å². The minimum Gasteiger partial charge on any atom is -0.381 e. The SMILES string of the molecule is CC(C)NC(C)C1CCOCC1. The summed E-state index contributed by atoms with van der Waals surface area (Å²) in [6.45, 7) is 8.60. The van der Waals surface area contributed by atoms with E-state index in [0.717, 1.165) is 19.1 Å². The summed E-state index contributed by atoms with van der Waals surface area (Å²) in [7, 11) is 0. The van der Waals surface area contributed by atoms with E-state index in [1.165, 1.54) is 12.8 Å². The van der Waals surface area contributed by atoms with Gasteiger partial charge in [-0.15, -0.1) is 0 Å². The van der Waals surface area contributed by atoms with Gasteiger partial charge in [0, 0.05) is 25.3 Å². The van der Waals surface area contributed by atoms with Gasteiger partial charge in [0.25, 0.3) is 0 Å². The largest absolute Gasteiger partial charge is 0.381 e. The Morgan fingerprint density at radius 2 is 1.75 bits per heavy atom. The first kappa shape index (κ1) is 10.0. The first-order chi connectivity index (χ1) is 5.70. The molecule has 0 amide bonds. The molecule has 1 heterocycles. The Morgan fingerprint density at radius 3 is 2.25 bits per heavy atom. The van der Waals surface area contributed by atoms with Crippen LogP contribution in [0, 0.1) is 5.92 Å². The van der Waals surface area contributed by atoms with Crippen molar-refractivity contribution in [1.82, 2.24) is 5.32 Å². The molecule has 0 aromatic carbocycles. The van der Waals surface area contributed by atoms with Crippen molar-refractivity contribution < 1.29 is 4.74 Å². The fourth-order valence-corrected chi connectivity index (χ4v) is 1.88. The number of rotatable bonds is 3. The molecule has 12 heavy (non-hydrogen) atoms. The molecule has 0 aromatic rings. The average molecular weight is 171 g/mol. The average Bonchev–Trinajstić information content (AvgIpc) is 2.05. The summed E-state index contributed by atoms with van der Waals surface area (Å²) in [5.41, 5.74) is 0. The van der Waals surface area contributed by atoms with Crippen molar-refractivity contribution in [2.75, 3.05) is 13.2 Å². The highest BCUT2D eigenvalue weighted by molar-refractivity contribution is 4.75. The molecule has 0 radical (unpaired) electrons. The fraction of sp³-hybridized carbons (Fsp3) is 1.00. The van der Waals surface area contributed by atoms with E-state index in [-0.39, 0.29) is 0 Å². The molecule has 0 aliphatic carbocycles. The third-order valence-corrected chi connectivity index (χ3v) is 2.57. The maximum Gasteiger partial charge on any atom is 0.0469 e. The van der Waals surface area contributed by atoms with Gasteiger partial charge in [0.1, 0.15) is 0 Å². The zero-order valence-corrected chi connectivity index (χ0v) is 8.47. The molecule has 0 aromatic heterocycles. The Hall–Kier alpha value is -0.0800. The van der Waals surface area contributed by atoms with Crippen molar-refractivity contribution >= 4 is 0 Å². The van der Waals surface area contributed by atoms with E-state index in [0.29, 0.717) is 12.1 Å². The monoisotopic (exact) mass is 171 g/mol. The van der Waals surface area contributed by atoms with Gasteiger partial charge in [-0.25, -0.2) is 0 Å². The second-order valence-corrected chi connectivity index (χ2v) is 4.06. The summed E-state index contributed by atoms with van der Waals surface area (Å²) < 4.78 is 5.33. The van der Waals surface area contributed by atoms with Gasteiger partial charge >= 0.3 is 0 Å². The lowest BCUT2D eigenvalue weighted by Gasteiger charge is -2.29. The van der Waals surface area contributed by atoms with Crippen molar-refractivity contribution in [2.24, 2.45) is 5.92 Å². The normalized spacial score (nSPS) is 23.0. The van der Waals surface area contributed by atoms with Crippen molar-refractivity contribution in [3.05, 3.63) is 0 Å². The highest BCUT2D eigenvalue weighted by Crippen LogP contribution is 2.18. The summed E-state index contributed by atoms with van der Waals surface area (Å²) in [4.78, 5) is 0. The van der Waals surface area contributed by atoms with Crippen LogP contribution < -0.4 is 5.32 Å². The van der Waals surface area contributed by atoms with Crippen molar-refractivity contribution in [3.8, 4) is 0 Å². The van der Waals surface area contributed by atoms with Crippen LogP contribution >= 0.6 is 0 Å². The first-order valence-electron chi connectivity index (χ1n) is 5.04. The Morgan fingerprint density at radius 1 is 1.17 bits per heavy atom. The van der Waals surface area contributed by atoms with E-state index in [1.807, 2.05) is 0 Å². The first-order valence-corrected chi connectivity index (χ1v) is 5.04. The highest BCUT2D eigenvalue weighted by atomic mass is 16.5. The highest BCUT2D eigenvalue weighted by Gasteiger charge is 2.20. The summed E-state index contributed by atoms with van der Waals surface area (Å²) in [6, 6.07) is 1.25. The maximum atomic E-state index is 5.33. The van der Waals surface area contributed by atoms with E-state index in [1.54, 1.807) is 0 Å². The summed E-state index contributed by atoms with van der Waals surface area (Å²) in [6.07, 6.45) is 2.45. The Bertz CT molecular complexity index is 119. The van der Waals surface area contributed by atoms with Gasteiger partial charge in [0.2, 0.25) is 0 Å². The van der Waals surface area contributed by atoms with E-state index < -0.39 is 0 Å². The molecule has 0 spiro atoms. The molecule has 1 aliphatic rings. The van der Waals surface area contributed by atoms with Gasteiger partial charge in [-0.1, -0.05) is 13.8 Å². The van der Waals surface area contributed by atoms with E-state index in [2.05, 4.69) is 26.1 Å². The van der Waals surface area contributed by atoms with E-state index in [4.69, 9.17) is 4.74 Å². The standard InChI is InChI=1S/C10H21NO/c1-8(2)11-9(3)10-4-6-12-7-5-10/h8-11H,4-7H2,1-3H3. The lowest BCUT2D eigenvalue weighted by molar-refractivity contribution is 0.0550. The van der Waals surface area contributed by atoms with Gasteiger partial charge in [0.05, 0.1) is 0 Å². The predicted octanol–water partition coefficient (Wildman–Crippen LogP) is 1.80. The van der Waals surface area contributed by atoms with Crippen LogP contribution in [0.15, 0.2) is 0 Å². The summed E-state index contributed by atoms with van der Waals surface area (Å²) in [5, 5.41) is 3.56. The number of hydrogen-bond donors (Lipinski definition) is 1. The molecule has 1 unspecified atom stereocenters. The van der Waals surface area contributed by atoms with Crippen LogP contribution in [0.1, 0.15) is 33.6 Å². The Kier molecular flexibility index (Phi) is 4.02. The van der Waals surface area contributed by atoms with Crippen LogP contribution in [-0.2, 0) is 4.74 Å². The van der Waals surface area contributed by atoms with Gasteiger partial charge < -0.3 is 10.1 Å². The molecule has 2 nitrogen and oxygen atoms in total. The van der Waals surface area contributed by atoms with Crippen molar-refractivity contribution in [3.63, 3.8) is 0 Å². The zero-order valence-electron chi connectivity index (χ0n) is 8.47. The minimum absolute atomic E-state index is 0.600. The van der Waals surface area contributed by atoms with Crippen LogP contribution in [0.2, 0.25) is 0 Å². The van der Waals surface area contributed by atoms with Crippen LogP contribution in [0.3, 0.4) is 0 Å². The number of ether oxygens (including phenoxy) is 1. The maximum absolute atomic E-state index is 5.33. The molecule has 1 N–H and O–H groups in total. The molecule has 1 rings (SSSR count). The molecule has 72 valence electrons. The lowest BCUT2D eigenvalue weighted by atomic mass is 9.92. The smallest absolute Gasteiger partial charge is 0.0469 e. The second kappa shape index (κ2) is 4.83. The Labute approximate surface area is 75.7 Å². The molecule has 1 saturated heterocycles. The van der Waals surface area contributed by atoms with Crippen LogP contribution in [0.5, 0.6) is 0 Å². The predicted molar refractivity (Wildman–Crippen MR) is 51.3 cm³/mol. The van der Waals surface area contributed by atoms with Crippen LogP contribution in [-0.4, -0.2) is 25.3 Å². The molecule has 1 fully saturated rings. The topological polar surface area (TPSA) is 21.3 Å².